The molecule has 4 heteroatoms. The van der Waals surface area contributed by atoms with Crippen LogP contribution in [0.4, 0.5) is 0 Å². The van der Waals surface area contributed by atoms with E-state index >= 15 is 0 Å². The summed E-state index contributed by atoms with van der Waals surface area (Å²) in [4.78, 5) is 26.8. The number of hydrogen-bond donors (Lipinski definition) is 0. The second-order valence-electron chi connectivity index (χ2n) is 13.4. The molecule has 0 amide bonds. The average molecular weight is 729 g/mol. The molecular formula is C52H40O4. The number of carbonyl (C=O) groups is 2. The number of rotatable bonds is 10. The molecule has 0 aliphatic heterocycles. The smallest absolute Gasteiger partial charge is 0.338 e. The monoisotopic (exact) mass is 728 g/mol. The summed E-state index contributed by atoms with van der Waals surface area (Å²) < 4.78 is 11.0. The van der Waals surface area contributed by atoms with Crippen LogP contribution < -0.4 is 0 Å². The first kappa shape index (κ1) is 36.0. The van der Waals surface area contributed by atoms with E-state index < -0.39 is 11.9 Å². The van der Waals surface area contributed by atoms with Gasteiger partial charge in [0.15, 0.2) is 0 Å². The van der Waals surface area contributed by atoms with Crippen LogP contribution >= 0.6 is 0 Å². The van der Waals surface area contributed by atoms with Gasteiger partial charge in [0.25, 0.3) is 0 Å². The molecular weight excluding hydrogens is 689 g/mol. The minimum Gasteiger partial charge on any atom is -0.462 e. The quantitative estimate of drug-likeness (QED) is 0.132. The maximum absolute atomic E-state index is 13.4. The topological polar surface area (TPSA) is 52.6 Å². The Bertz CT molecular complexity index is 2440. The molecule has 0 spiro atoms. The van der Waals surface area contributed by atoms with E-state index in [2.05, 4.69) is 152 Å². The van der Waals surface area contributed by atoms with Crippen molar-refractivity contribution < 1.29 is 19.1 Å². The van der Waals surface area contributed by atoms with Crippen LogP contribution in [-0.2, 0) is 9.47 Å². The highest BCUT2D eigenvalue weighted by atomic mass is 16.5. The van der Waals surface area contributed by atoms with Crippen LogP contribution in [0.25, 0.3) is 77.9 Å². The zero-order valence-corrected chi connectivity index (χ0v) is 31.4. The van der Waals surface area contributed by atoms with Gasteiger partial charge >= 0.3 is 11.9 Å². The molecule has 0 unspecified atom stereocenters. The Labute approximate surface area is 328 Å². The summed E-state index contributed by atoms with van der Waals surface area (Å²) >= 11 is 0. The Balaban J connectivity index is 1.61. The van der Waals surface area contributed by atoms with Crippen molar-refractivity contribution in [2.24, 2.45) is 0 Å². The highest BCUT2D eigenvalue weighted by Crippen LogP contribution is 2.56. The number of carbonyl (C=O) groups excluding carboxylic acids is 2. The summed E-state index contributed by atoms with van der Waals surface area (Å²) in [7, 11) is 0. The van der Waals surface area contributed by atoms with E-state index in [0.29, 0.717) is 22.3 Å². The molecule has 2 aliphatic carbocycles. The second kappa shape index (κ2) is 16.1. The van der Waals surface area contributed by atoms with Crippen LogP contribution in [0.1, 0.15) is 34.6 Å². The molecule has 6 aromatic rings. The number of ether oxygens (including phenoxy) is 2. The lowest BCUT2D eigenvalue weighted by Gasteiger charge is -2.28. The SMILES string of the molecule is CCOC(=O)c1cc(C(=O)OCC)c2ccc(-c3c(-c4ccccc4)c(-c4ccccc4)c(-c4ccccc4)c(-c4ccccc4)c3-c3ccccc3)ccc1-2. The Morgan fingerprint density at radius 3 is 0.804 bits per heavy atom. The first-order chi connectivity index (χ1) is 27.6. The fourth-order valence-electron chi connectivity index (χ4n) is 7.78. The Morgan fingerprint density at radius 1 is 0.339 bits per heavy atom. The van der Waals surface area contributed by atoms with Crippen LogP contribution in [0.15, 0.2) is 182 Å². The van der Waals surface area contributed by atoms with Gasteiger partial charge in [-0.3, -0.25) is 0 Å². The molecule has 4 nitrogen and oxygen atoms in total. The fourth-order valence-corrected chi connectivity index (χ4v) is 7.78. The van der Waals surface area contributed by atoms with E-state index in [9.17, 15) is 9.59 Å². The molecule has 6 aromatic carbocycles. The lowest BCUT2D eigenvalue weighted by Crippen LogP contribution is -2.05. The fraction of sp³-hybridized carbons (Fsp3) is 0.0769. The van der Waals surface area contributed by atoms with E-state index in [1.54, 1.807) is 19.9 Å². The zero-order valence-electron chi connectivity index (χ0n) is 31.4. The summed E-state index contributed by atoms with van der Waals surface area (Å²) in [5.74, 6) is -0.971. The zero-order chi connectivity index (χ0) is 38.4. The summed E-state index contributed by atoms with van der Waals surface area (Å²) in [6, 6.07) is 62.6. The average Bonchev–Trinajstić information content (AvgIpc) is 3.49. The van der Waals surface area contributed by atoms with Gasteiger partial charge in [-0.1, -0.05) is 176 Å². The van der Waals surface area contributed by atoms with Gasteiger partial charge in [-0.05, 0) is 97.8 Å². The lowest BCUT2D eigenvalue weighted by molar-refractivity contribution is 0.0525. The second-order valence-corrected chi connectivity index (χ2v) is 13.4. The van der Waals surface area contributed by atoms with Crippen molar-refractivity contribution >= 4 is 11.9 Å². The van der Waals surface area contributed by atoms with Crippen molar-refractivity contribution in [2.45, 2.75) is 13.8 Å². The molecule has 272 valence electrons. The lowest BCUT2D eigenvalue weighted by atomic mass is 9.74. The van der Waals surface area contributed by atoms with Crippen LogP contribution in [0, 0.1) is 0 Å². The number of hydrogen-bond acceptors (Lipinski definition) is 4. The van der Waals surface area contributed by atoms with Crippen molar-refractivity contribution in [3.63, 3.8) is 0 Å². The molecule has 56 heavy (non-hydrogen) atoms. The van der Waals surface area contributed by atoms with Crippen LogP contribution in [0.3, 0.4) is 0 Å². The molecule has 0 radical (unpaired) electrons. The Hall–Kier alpha value is -7.04. The molecule has 0 atom stereocenters. The molecule has 0 fully saturated rings. The van der Waals surface area contributed by atoms with Gasteiger partial charge in [0.05, 0.1) is 24.3 Å². The van der Waals surface area contributed by atoms with Crippen LogP contribution in [0.5, 0.6) is 0 Å². The maximum Gasteiger partial charge on any atom is 0.338 e. The number of esters is 2. The molecule has 8 rings (SSSR count). The molecule has 0 saturated heterocycles. The van der Waals surface area contributed by atoms with Crippen molar-refractivity contribution in [1.82, 2.24) is 0 Å². The molecule has 0 heterocycles. The minimum absolute atomic E-state index is 0.212. The van der Waals surface area contributed by atoms with Gasteiger partial charge in [0.2, 0.25) is 0 Å². The summed E-state index contributed by atoms with van der Waals surface area (Å²) in [6.45, 7) is 3.97. The van der Waals surface area contributed by atoms with Gasteiger partial charge < -0.3 is 9.47 Å². The van der Waals surface area contributed by atoms with Crippen LogP contribution in [0.2, 0.25) is 0 Å². The Kier molecular flexibility index (Phi) is 10.4. The van der Waals surface area contributed by atoms with Gasteiger partial charge in [0, 0.05) is 0 Å². The largest absolute Gasteiger partial charge is 0.462 e. The normalized spacial score (nSPS) is 11.0. The third-order valence-electron chi connectivity index (χ3n) is 10.1. The predicted molar refractivity (Wildman–Crippen MR) is 228 cm³/mol. The van der Waals surface area contributed by atoms with Gasteiger partial charge in [-0.25, -0.2) is 9.59 Å². The first-order valence-corrected chi connectivity index (χ1v) is 19.0. The summed E-state index contributed by atoms with van der Waals surface area (Å²) in [5.41, 5.74) is 14.6. The van der Waals surface area contributed by atoms with Gasteiger partial charge in [-0.2, -0.15) is 0 Å². The van der Waals surface area contributed by atoms with Crippen molar-refractivity contribution in [3.05, 3.63) is 193 Å². The summed E-state index contributed by atoms with van der Waals surface area (Å²) in [5, 5.41) is 0. The standard InChI is InChI=1S/C52H40O4/c1-3-55-51(53)43-34-44(52(54)56-4-2)42-33-31-40(30-32-41(42)43)50-48(38-26-16-8-17-27-38)46(36-22-12-6-13-23-36)45(35-20-10-5-11-21-35)47(37-24-14-7-15-25-37)49(50)39-28-18-9-19-29-39/h5-34H,3-4H2,1-2H3. The molecule has 2 aliphatic rings. The van der Waals surface area contributed by atoms with E-state index in [1.807, 2.05) is 24.3 Å². The number of benzene rings is 6. The van der Waals surface area contributed by atoms with Crippen LogP contribution in [-0.4, -0.2) is 25.2 Å². The van der Waals surface area contributed by atoms with Crippen molar-refractivity contribution in [2.75, 3.05) is 13.2 Å². The van der Waals surface area contributed by atoms with Crippen molar-refractivity contribution in [3.8, 4) is 77.9 Å². The van der Waals surface area contributed by atoms with Gasteiger partial charge in [-0.15, -0.1) is 0 Å². The van der Waals surface area contributed by atoms with E-state index in [-0.39, 0.29) is 13.2 Å². The highest BCUT2D eigenvalue weighted by Gasteiger charge is 2.30. The molecule has 0 aromatic heterocycles. The minimum atomic E-state index is -0.485. The molecule has 0 bridgehead atoms. The Morgan fingerprint density at radius 2 is 0.571 bits per heavy atom. The van der Waals surface area contributed by atoms with Gasteiger partial charge in [0.1, 0.15) is 0 Å². The number of fused-ring (bicyclic) bond motifs is 1. The van der Waals surface area contributed by atoms with E-state index in [4.69, 9.17) is 9.47 Å². The third kappa shape index (κ3) is 6.78. The maximum atomic E-state index is 13.4. The third-order valence-corrected chi connectivity index (χ3v) is 10.1. The molecule has 0 N–H and O–H groups in total. The van der Waals surface area contributed by atoms with E-state index in [0.717, 1.165) is 66.8 Å². The summed E-state index contributed by atoms with van der Waals surface area (Å²) in [6.07, 6.45) is 0. The highest BCUT2D eigenvalue weighted by molar-refractivity contribution is 6.15. The predicted octanol–water partition coefficient (Wildman–Crippen LogP) is 13.1. The van der Waals surface area contributed by atoms with E-state index in [1.165, 1.54) is 0 Å². The first-order valence-electron chi connectivity index (χ1n) is 19.0. The molecule has 0 saturated carbocycles. The van der Waals surface area contributed by atoms with Crippen molar-refractivity contribution in [1.29, 1.82) is 0 Å².